The molecule has 100 valence electrons. The number of benzene rings is 1. The first kappa shape index (κ1) is 12.3. The number of hydrogen-bond acceptors (Lipinski definition) is 2. The summed E-state index contributed by atoms with van der Waals surface area (Å²) in [4.78, 5) is 4.81. The van der Waals surface area contributed by atoms with Crippen molar-refractivity contribution in [3.05, 3.63) is 47.4 Å². The molecule has 2 N–H and O–H groups in total. The highest BCUT2D eigenvalue weighted by atomic mass is 15.2. The van der Waals surface area contributed by atoms with E-state index in [1.807, 2.05) is 6.07 Å². The smallest absolute Gasteiger partial charge is 0.127 e. The van der Waals surface area contributed by atoms with E-state index in [2.05, 4.69) is 42.7 Å². The molecule has 1 aliphatic rings. The van der Waals surface area contributed by atoms with Crippen LogP contribution in [0, 0.1) is 0 Å². The van der Waals surface area contributed by atoms with E-state index >= 15 is 0 Å². The first-order chi connectivity index (χ1) is 9.16. The van der Waals surface area contributed by atoms with Gasteiger partial charge in [-0.05, 0) is 24.3 Å². The predicted molar refractivity (Wildman–Crippen MR) is 78.2 cm³/mol. The summed E-state index contributed by atoms with van der Waals surface area (Å²) in [6.45, 7) is 5.14. The van der Waals surface area contributed by atoms with Gasteiger partial charge in [-0.15, -0.1) is 0 Å². The summed E-state index contributed by atoms with van der Waals surface area (Å²) >= 11 is 0. The zero-order valence-corrected chi connectivity index (χ0v) is 11.6. The molecule has 0 bridgehead atoms. The van der Waals surface area contributed by atoms with Crippen LogP contribution in [0.4, 0.5) is 5.82 Å². The lowest BCUT2D eigenvalue weighted by Crippen LogP contribution is -2.08. The van der Waals surface area contributed by atoms with Crippen LogP contribution in [0.5, 0.6) is 0 Å². The molecule has 0 atom stereocenters. The molecule has 1 aromatic carbocycles. The lowest BCUT2D eigenvalue weighted by atomic mass is 10.1. The molecule has 0 saturated heterocycles. The third-order valence-corrected chi connectivity index (χ3v) is 3.74. The molecule has 3 rings (SSSR count). The molecule has 19 heavy (non-hydrogen) atoms. The Balaban J connectivity index is 1.99. The summed E-state index contributed by atoms with van der Waals surface area (Å²) in [5.41, 5.74) is 8.65. The Kier molecular flexibility index (Phi) is 3.05. The van der Waals surface area contributed by atoms with Crippen molar-refractivity contribution in [3.8, 4) is 0 Å². The van der Waals surface area contributed by atoms with Crippen molar-refractivity contribution in [2.24, 2.45) is 0 Å². The number of anilines is 1. The second-order valence-corrected chi connectivity index (χ2v) is 5.74. The number of imidazole rings is 1. The van der Waals surface area contributed by atoms with Gasteiger partial charge in [-0.2, -0.15) is 0 Å². The number of rotatable bonds is 4. The van der Waals surface area contributed by atoms with Crippen molar-refractivity contribution in [1.29, 1.82) is 0 Å². The maximum atomic E-state index is 6.32. The molecule has 3 nitrogen and oxygen atoms in total. The highest BCUT2D eigenvalue weighted by Crippen LogP contribution is 2.41. The van der Waals surface area contributed by atoms with Crippen molar-refractivity contribution in [2.75, 3.05) is 5.73 Å². The van der Waals surface area contributed by atoms with Crippen molar-refractivity contribution in [2.45, 2.75) is 45.1 Å². The third-order valence-electron chi connectivity index (χ3n) is 3.74. The SMILES string of the molecule is CC(C)c1nc(C2CC2)n(Cc2ccccc2)c1N. The monoisotopic (exact) mass is 255 g/mol. The number of nitrogen functional groups attached to an aromatic ring is 1. The highest BCUT2D eigenvalue weighted by molar-refractivity contribution is 5.42. The summed E-state index contributed by atoms with van der Waals surface area (Å²) in [5, 5.41) is 0. The van der Waals surface area contributed by atoms with E-state index in [1.165, 1.54) is 24.2 Å². The van der Waals surface area contributed by atoms with Crippen LogP contribution in [-0.4, -0.2) is 9.55 Å². The fraction of sp³-hybridized carbons (Fsp3) is 0.438. The fourth-order valence-electron chi connectivity index (χ4n) is 2.51. The zero-order valence-electron chi connectivity index (χ0n) is 11.6. The van der Waals surface area contributed by atoms with E-state index in [4.69, 9.17) is 10.7 Å². The summed E-state index contributed by atoms with van der Waals surface area (Å²) in [5.74, 6) is 3.04. The topological polar surface area (TPSA) is 43.8 Å². The van der Waals surface area contributed by atoms with Crippen LogP contribution < -0.4 is 5.73 Å². The second-order valence-electron chi connectivity index (χ2n) is 5.74. The fourth-order valence-corrected chi connectivity index (χ4v) is 2.51. The summed E-state index contributed by atoms with van der Waals surface area (Å²) in [6, 6.07) is 10.5. The molecule has 0 spiro atoms. The largest absolute Gasteiger partial charge is 0.384 e. The molecule has 0 unspecified atom stereocenters. The Morgan fingerprint density at radius 2 is 1.95 bits per heavy atom. The third kappa shape index (κ3) is 2.37. The molecule has 2 aromatic rings. The quantitative estimate of drug-likeness (QED) is 0.908. The van der Waals surface area contributed by atoms with Crippen LogP contribution in [0.25, 0.3) is 0 Å². The maximum Gasteiger partial charge on any atom is 0.127 e. The minimum atomic E-state index is 0.384. The van der Waals surface area contributed by atoms with Crippen LogP contribution in [0.15, 0.2) is 30.3 Å². The predicted octanol–water partition coefficient (Wildman–Crippen LogP) is 3.51. The zero-order chi connectivity index (χ0) is 13.4. The van der Waals surface area contributed by atoms with Gasteiger partial charge in [0.1, 0.15) is 11.6 Å². The first-order valence-electron chi connectivity index (χ1n) is 7.06. The first-order valence-corrected chi connectivity index (χ1v) is 7.06. The van der Waals surface area contributed by atoms with Crippen molar-refractivity contribution >= 4 is 5.82 Å². The summed E-state index contributed by atoms with van der Waals surface area (Å²) in [7, 11) is 0. The van der Waals surface area contributed by atoms with Crippen LogP contribution in [0.3, 0.4) is 0 Å². The van der Waals surface area contributed by atoms with Gasteiger partial charge in [0.25, 0.3) is 0 Å². The highest BCUT2D eigenvalue weighted by Gasteiger charge is 2.31. The molecule has 1 saturated carbocycles. The van der Waals surface area contributed by atoms with E-state index in [1.54, 1.807) is 0 Å². The average molecular weight is 255 g/mol. The molecule has 1 aromatic heterocycles. The molecule has 0 amide bonds. The van der Waals surface area contributed by atoms with Gasteiger partial charge < -0.3 is 10.3 Å². The molecule has 1 aliphatic carbocycles. The second kappa shape index (κ2) is 4.72. The van der Waals surface area contributed by atoms with Gasteiger partial charge in [0.05, 0.1) is 12.2 Å². The van der Waals surface area contributed by atoms with Gasteiger partial charge in [-0.3, -0.25) is 0 Å². The number of hydrogen-bond donors (Lipinski definition) is 1. The number of nitrogens with zero attached hydrogens (tertiary/aromatic N) is 2. The minimum Gasteiger partial charge on any atom is -0.384 e. The van der Waals surface area contributed by atoms with E-state index in [0.29, 0.717) is 11.8 Å². The molecule has 3 heteroatoms. The van der Waals surface area contributed by atoms with E-state index in [-0.39, 0.29) is 0 Å². The molecular formula is C16H21N3. The minimum absolute atomic E-state index is 0.384. The van der Waals surface area contributed by atoms with Crippen molar-refractivity contribution < 1.29 is 0 Å². The summed E-state index contributed by atoms with van der Waals surface area (Å²) < 4.78 is 2.21. The number of aromatic nitrogens is 2. The van der Waals surface area contributed by atoms with E-state index in [9.17, 15) is 0 Å². The van der Waals surface area contributed by atoms with Crippen LogP contribution in [0.1, 0.15) is 55.6 Å². The normalized spacial score (nSPS) is 15.1. The maximum absolute atomic E-state index is 6.32. The van der Waals surface area contributed by atoms with Crippen molar-refractivity contribution in [1.82, 2.24) is 9.55 Å². The number of nitrogens with two attached hydrogens (primary N) is 1. The van der Waals surface area contributed by atoms with Gasteiger partial charge in [-0.25, -0.2) is 4.98 Å². The Labute approximate surface area is 114 Å². The lowest BCUT2D eigenvalue weighted by molar-refractivity contribution is 0.734. The molecule has 0 aliphatic heterocycles. The summed E-state index contributed by atoms with van der Waals surface area (Å²) in [6.07, 6.45) is 2.51. The molecule has 1 heterocycles. The standard InChI is InChI=1S/C16H21N3/c1-11(2)14-15(17)19(16(18-14)13-8-9-13)10-12-6-4-3-5-7-12/h3-7,11,13H,8-10,17H2,1-2H3. The Bertz CT molecular complexity index is 565. The van der Waals surface area contributed by atoms with Gasteiger partial charge in [0.15, 0.2) is 0 Å². The van der Waals surface area contributed by atoms with E-state index < -0.39 is 0 Å². The molecule has 0 radical (unpaired) electrons. The van der Waals surface area contributed by atoms with Crippen molar-refractivity contribution in [3.63, 3.8) is 0 Å². The lowest BCUT2D eigenvalue weighted by Gasteiger charge is -2.10. The molecular weight excluding hydrogens is 234 g/mol. The van der Waals surface area contributed by atoms with Gasteiger partial charge in [0, 0.05) is 5.92 Å². The van der Waals surface area contributed by atoms with Crippen LogP contribution >= 0.6 is 0 Å². The van der Waals surface area contributed by atoms with Crippen LogP contribution in [-0.2, 0) is 6.54 Å². The Morgan fingerprint density at radius 3 is 2.53 bits per heavy atom. The Hall–Kier alpha value is -1.77. The van der Waals surface area contributed by atoms with E-state index in [0.717, 1.165) is 18.1 Å². The van der Waals surface area contributed by atoms with Gasteiger partial charge >= 0.3 is 0 Å². The van der Waals surface area contributed by atoms with Gasteiger partial charge in [-0.1, -0.05) is 44.2 Å². The molecule has 1 fully saturated rings. The Morgan fingerprint density at radius 1 is 1.26 bits per heavy atom. The van der Waals surface area contributed by atoms with Gasteiger partial charge in [0.2, 0.25) is 0 Å². The van der Waals surface area contributed by atoms with Crippen LogP contribution in [0.2, 0.25) is 0 Å². The average Bonchev–Trinajstić information content (AvgIpc) is 3.18.